The van der Waals surface area contributed by atoms with Crippen LogP contribution in [0.3, 0.4) is 0 Å². The van der Waals surface area contributed by atoms with Gasteiger partial charge in [-0.3, -0.25) is 4.79 Å². The lowest BCUT2D eigenvalue weighted by Gasteiger charge is -2.08. The van der Waals surface area contributed by atoms with E-state index in [1.165, 1.54) is 6.08 Å². The third-order valence-corrected chi connectivity index (χ3v) is 2.48. The highest BCUT2D eigenvalue weighted by Crippen LogP contribution is 2.15. The van der Waals surface area contributed by atoms with Crippen molar-refractivity contribution >= 4 is 23.6 Å². The molecule has 0 saturated heterocycles. The molecule has 21 heavy (non-hydrogen) atoms. The fourth-order valence-electron chi connectivity index (χ4n) is 1.28. The maximum Gasteiger partial charge on any atom is 0.407 e. The SMILES string of the molecule is C=CCOC(=O)NCCNC(=O)COc1ccc(Cl)cc1. The Morgan fingerprint density at radius 2 is 1.86 bits per heavy atom. The van der Waals surface area contributed by atoms with Crippen molar-refractivity contribution in [1.29, 1.82) is 0 Å². The van der Waals surface area contributed by atoms with Crippen molar-refractivity contribution in [3.05, 3.63) is 41.9 Å². The van der Waals surface area contributed by atoms with Gasteiger partial charge < -0.3 is 20.1 Å². The van der Waals surface area contributed by atoms with Crippen LogP contribution < -0.4 is 15.4 Å². The third kappa shape index (κ3) is 7.84. The van der Waals surface area contributed by atoms with Crippen LogP contribution in [0.2, 0.25) is 5.02 Å². The number of carbonyl (C=O) groups excluding carboxylic acids is 2. The van der Waals surface area contributed by atoms with E-state index in [0.29, 0.717) is 10.8 Å². The van der Waals surface area contributed by atoms with E-state index < -0.39 is 6.09 Å². The summed E-state index contributed by atoms with van der Waals surface area (Å²) in [5.41, 5.74) is 0. The van der Waals surface area contributed by atoms with Gasteiger partial charge in [0.25, 0.3) is 5.91 Å². The zero-order valence-corrected chi connectivity index (χ0v) is 12.2. The molecule has 0 aliphatic rings. The first-order valence-corrected chi connectivity index (χ1v) is 6.66. The molecule has 1 aromatic rings. The zero-order valence-electron chi connectivity index (χ0n) is 11.4. The van der Waals surface area contributed by atoms with E-state index in [-0.39, 0.29) is 32.2 Å². The lowest BCUT2D eigenvalue weighted by atomic mass is 10.3. The van der Waals surface area contributed by atoms with Gasteiger partial charge in [-0.2, -0.15) is 0 Å². The molecule has 1 aromatic carbocycles. The van der Waals surface area contributed by atoms with E-state index in [1.54, 1.807) is 24.3 Å². The van der Waals surface area contributed by atoms with Crippen molar-refractivity contribution in [2.45, 2.75) is 0 Å². The second-order valence-electron chi connectivity index (χ2n) is 3.91. The summed E-state index contributed by atoms with van der Waals surface area (Å²) in [6, 6.07) is 6.70. The summed E-state index contributed by atoms with van der Waals surface area (Å²) >= 11 is 5.73. The lowest BCUT2D eigenvalue weighted by Crippen LogP contribution is -2.37. The summed E-state index contributed by atoms with van der Waals surface area (Å²) in [5, 5.41) is 5.67. The van der Waals surface area contributed by atoms with Gasteiger partial charge in [-0.15, -0.1) is 0 Å². The number of benzene rings is 1. The van der Waals surface area contributed by atoms with Gasteiger partial charge in [0.15, 0.2) is 6.61 Å². The predicted octanol–water partition coefficient (Wildman–Crippen LogP) is 1.75. The number of carbonyl (C=O) groups is 2. The average Bonchev–Trinajstić information content (AvgIpc) is 2.49. The quantitative estimate of drug-likeness (QED) is 0.566. The van der Waals surface area contributed by atoms with Crippen molar-refractivity contribution in [1.82, 2.24) is 10.6 Å². The van der Waals surface area contributed by atoms with Gasteiger partial charge in [-0.25, -0.2) is 4.79 Å². The van der Waals surface area contributed by atoms with Crippen LogP contribution >= 0.6 is 11.6 Å². The van der Waals surface area contributed by atoms with Gasteiger partial charge in [0.05, 0.1) is 0 Å². The highest BCUT2D eigenvalue weighted by atomic mass is 35.5. The third-order valence-electron chi connectivity index (χ3n) is 2.23. The molecule has 1 rings (SSSR count). The summed E-state index contributed by atoms with van der Waals surface area (Å²) in [6.45, 7) is 4.01. The summed E-state index contributed by atoms with van der Waals surface area (Å²) in [5.74, 6) is 0.270. The van der Waals surface area contributed by atoms with E-state index in [9.17, 15) is 9.59 Å². The van der Waals surface area contributed by atoms with Gasteiger partial charge in [0.1, 0.15) is 12.4 Å². The molecule has 0 aliphatic carbocycles. The smallest absolute Gasteiger partial charge is 0.407 e. The Balaban J connectivity index is 2.10. The number of nitrogens with one attached hydrogen (secondary N) is 2. The van der Waals surface area contributed by atoms with Gasteiger partial charge in [-0.1, -0.05) is 24.3 Å². The molecule has 0 heterocycles. The number of halogens is 1. The number of amides is 2. The van der Waals surface area contributed by atoms with Crippen LogP contribution in [-0.4, -0.2) is 38.3 Å². The molecule has 0 radical (unpaired) electrons. The van der Waals surface area contributed by atoms with Crippen molar-refractivity contribution in [2.75, 3.05) is 26.3 Å². The number of rotatable bonds is 8. The van der Waals surface area contributed by atoms with Gasteiger partial charge in [0, 0.05) is 18.1 Å². The average molecular weight is 313 g/mol. The molecule has 114 valence electrons. The first-order valence-electron chi connectivity index (χ1n) is 6.28. The number of ether oxygens (including phenoxy) is 2. The molecular formula is C14H17ClN2O4. The van der Waals surface area contributed by atoms with Crippen LogP contribution in [0.1, 0.15) is 0 Å². The summed E-state index contributed by atoms with van der Waals surface area (Å²) in [7, 11) is 0. The molecule has 0 atom stereocenters. The lowest BCUT2D eigenvalue weighted by molar-refractivity contribution is -0.123. The van der Waals surface area contributed by atoms with Crippen molar-refractivity contribution < 1.29 is 19.1 Å². The van der Waals surface area contributed by atoms with E-state index in [2.05, 4.69) is 17.2 Å². The Morgan fingerprint density at radius 1 is 1.19 bits per heavy atom. The Hall–Kier alpha value is -2.21. The van der Waals surface area contributed by atoms with Crippen LogP contribution in [-0.2, 0) is 9.53 Å². The monoisotopic (exact) mass is 312 g/mol. The van der Waals surface area contributed by atoms with Gasteiger partial charge >= 0.3 is 6.09 Å². The Morgan fingerprint density at radius 3 is 2.52 bits per heavy atom. The fraction of sp³-hybridized carbons (Fsp3) is 0.286. The Kier molecular flexibility index (Phi) is 7.74. The Bertz CT molecular complexity index is 476. The highest BCUT2D eigenvalue weighted by Gasteiger charge is 2.03. The second-order valence-corrected chi connectivity index (χ2v) is 4.34. The number of hydrogen-bond donors (Lipinski definition) is 2. The van der Waals surface area contributed by atoms with Crippen LogP contribution in [0.4, 0.5) is 4.79 Å². The van der Waals surface area contributed by atoms with E-state index in [0.717, 1.165) is 0 Å². The first kappa shape index (κ1) is 16.8. The molecule has 0 bridgehead atoms. The minimum Gasteiger partial charge on any atom is -0.484 e. The fourth-order valence-corrected chi connectivity index (χ4v) is 1.41. The van der Waals surface area contributed by atoms with Gasteiger partial charge in [-0.05, 0) is 24.3 Å². The molecule has 2 amide bonds. The maximum atomic E-state index is 11.5. The molecule has 0 saturated carbocycles. The van der Waals surface area contributed by atoms with E-state index in [1.807, 2.05) is 0 Å². The number of alkyl carbamates (subject to hydrolysis) is 1. The molecule has 0 spiro atoms. The van der Waals surface area contributed by atoms with Crippen molar-refractivity contribution in [2.24, 2.45) is 0 Å². The van der Waals surface area contributed by atoms with Crippen LogP contribution in [0, 0.1) is 0 Å². The zero-order chi connectivity index (χ0) is 15.5. The Labute approximate surface area is 128 Å². The minimum atomic E-state index is -0.554. The molecule has 0 aromatic heterocycles. The second kappa shape index (κ2) is 9.66. The van der Waals surface area contributed by atoms with E-state index >= 15 is 0 Å². The topological polar surface area (TPSA) is 76.7 Å². The minimum absolute atomic E-state index is 0.109. The molecule has 2 N–H and O–H groups in total. The summed E-state index contributed by atoms with van der Waals surface area (Å²) < 4.78 is 9.96. The van der Waals surface area contributed by atoms with Crippen LogP contribution in [0.15, 0.2) is 36.9 Å². The summed E-state index contributed by atoms with van der Waals surface area (Å²) in [6.07, 6.45) is 0.914. The van der Waals surface area contributed by atoms with Crippen LogP contribution in [0.25, 0.3) is 0 Å². The molecular weight excluding hydrogens is 296 g/mol. The number of hydrogen-bond acceptors (Lipinski definition) is 4. The van der Waals surface area contributed by atoms with Crippen molar-refractivity contribution in [3.63, 3.8) is 0 Å². The molecule has 7 heteroatoms. The predicted molar refractivity (Wildman–Crippen MR) is 79.5 cm³/mol. The molecule has 6 nitrogen and oxygen atoms in total. The standard InChI is InChI=1S/C14H17ClN2O4/c1-2-9-20-14(19)17-8-7-16-13(18)10-21-12-5-3-11(15)4-6-12/h2-6H,1,7-10H2,(H,16,18)(H,17,19). The normalized spacial score (nSPS) is 9.57. The first-order chi connectivity index (χ1) is 10.1. The van der Waals surface area contributed by atoms with E-state index in [4.69, 9.17) is 21.1 Å². The van der Waals surface area contributed by atoms with Crippen molar-refractivity contribution in [3.8, 4) is 5.75 Å². The highest BCUT2D eigenvalue weighted by molar-refractivity contribution is 6.30. The molecule has 0 unspecified atom stereocenters. The largest absolute Gasteiger partial charge is 0.484 e. The molecule has 0 aliphatic heterocycles. The molecule has 0 fully saturated rings. The maximum absolute atomic E-state index is 11.5. The van der Waals surface area contributed by atoms with Gasteiger partial charge in [0.2, 0.25) is 0 Å². The van der Waals surface area contributed by atoms with Crippen LogP contribution in [0.5, 0.6) is 5.75 Å². The summed E-state index contributed by atoms with van der Waals surface area (Å²) in [4.78, 5) is 22.5.